The van der Waals surface area contributed by atoms with E-state index in [0.29, 0.717) is 11.6 Å². The van der Waals surface area contributed by atoms with Gasteiger partial charge in [-0.25, -0.2) is 4.98 Å². The molecule has 0 unspecified atom stereocenters. The maximum Gasteiger partial charge on any atom is 0.226 e. The SMILES string of the molecule is Clc1nc(-c2ccc(-c3cc(-c4ccccc4)cc(-c4ccccc4)c3)cc2)nc(-c2cc3ccccc3c3ccccc23)n1. The van der Waals surface area contributed by atoms with Crippen molar-refractivity contribution < 1.29 is 0 Å². The van der Waals surface area contributed by atoms with E-state index in [4.69, 9.17) is 16.6 Å². The van der Waals surface area contributed by atoms with E-state index in [-0.39, 0.29) is 5.28 Å². The molecule has 8 rings (SSSR count). The molecule has 0 N–H and O–H groups in total. The predicted molar refractivity (Wildman–Crippen MR) is 187 cm³/mol. The Balaban J connectivity index is 1.20. The first-order chi connectivity index (χ1) is 22.2. The van der Waals surface area contributed by atoms with Gasteiger partial charge in [0.05, 0.1) is 0 Å². The van der Waals surface area contributed by atoms with Gasteiger partial charge < -0.3 is 0 Å². The number of hydrogen-bond donors (Lipinski definition) is 0. The van der Waals surface area contributed by atoms with Crippen LogP contribution >= 0.6 is 11.6 Å². The number of rotatable bonds is 5. The summed E-state index contributed by atoms with van der Waals surface area (Å²) in [5.74, 6) is 1.09. The highest BCUT2D eigenvalue weighted by molar-refractivity contribution is 6.28. The first-order valence-corrected chi connectivity index (χ1v) is 15.3. The van der Waals surface area contributed by atoms with Gasteiger partial charge in [-0.05, 0) is 90.8 Å². The van der Waals surface area contributed by atoms with Crippen LogP contribution in [0.4, 0.5) is 0 Å². The Bertz CT molecular complexity index is 2260. The molecule has 8 aromatic rings. The van der Waals surface area contributed by atoms with Gasteiger partial charge in [0, 0.05) is 11.1 Å². The van der Waals surface area contributed by atoms with Crippen LogP contribution in [0.3, 0.4) is 0 Å². The molecule has 0 aliphatic carbocycles. The lowest BCUT2D eigenvalue weighted by molar-refractivity contribution is 1.07. The molecule has 0 amide bonds. The minimum atomic E-state index is 0.166. The summed E-state index contributed by atoms with van der Waals surface area (Å²) in [5.41, 5.74) is 8.76. The third-order valence-electron chi connectivity index (χ3n) is 8.24. The molecule has 1 aromatic heterocycles. The average molecular weight is 596 g/mol. The van der Waals surface area contributed by atoms with Crippen LogP contribution in [0.5, 0.6) is 0 Å². The molecule has 0 atom stereocenters. The highest BCUT2D eigenvalue weighted by Crippen LogP contribution is 2.36. The Morgan fingerprint density at radius 1 is 0.333 bits per heavy atom. The van der Waals surface area contributed by atoms with Gasteiger partial charge in [0.1, 0.15) is 0 Å². The fraction of sp³-hybridized carbons (Fsp3) is 0. The second-order valence-electron chi connectivity index (χ2n) is 11.1. The first kappa shape index (κ1) is 26.9. The first-order valence-electron chi connectivity index (χ1n) is 14.9. The Labute approximate surface area is 266 Å². The van der Waals surface area contributed by atoms with Crippen LogP contribution in [0.15, 0.2) is 158 Å². The Morgan fingerprint density at radius 2 is 0.800 bits per heavy atom. The normalized spacial score (nSPS) is 11.2. The number of halogens is 1. The molecule has 0 aliphatic heterocycles. The van der Waals surface area contributed by atoms with Crippen molar-refractivity contribution in [1.82, 2.24) is 15.0 Å². The van der Waals surface area contributed by atoms with E-state index in [2.05, 4.69) is 143 Å². The molecule has 0 fully saturated rings. The molecule has 212 valence electrons. The average Bonchev–Trinajstić information content (AvgIpc) is 3.11. The van der Waals surface area contributed by atoms with Crippen molar-refractivity contribution in [3.05, 3.63) is 163 Å². The smallest absolute Gasteiger partial charge is 0.208 e. The summed E-state index contributed by atoms with van der Waals surface area (Å²) >= 11 is 6.54. The van der Waals surface area contributed by atoms with Crippen molar-refractivity contribution in [3.63, 3.8) is 0 Å². The van der Waals surface area contributed by atoms with Crippen LogP contribution < -0.4 is 0 Å². The molecule has 0 spiro atoms. The summed E-state index contributed by atoms with van der Waals surface area (Å²) in [6.07, 6.45) is 0. The van der Waals surface area contributed by atoms with E-state index in [9.17, 15) is 0 Å². The summed E-state index contributed by atoms with van der Waals surface area (Å²) in [6, 6.07) is 55.0. The zero-order chi connectivity index (χ0) is 30.2. The van der Waals surface area contributed by atoms with Gasteiger partial charge in [0.25, 0.3) is 0 Å². The van der Waals surface area contributed by atoms with E-state index >= 15 is 0 Å². The lowest BCUT2D eigenvalue weighted by Crippen LogP contribution is -1.98. The fourth-order valence-corrected chi connectivity index (χ4v) is 6.20. The van der Waals surface area contributed by atoms with Gasteiger partial charge in [-0.1, -0.05) is 133 Å². The number of nitrogens with zero attached hydrogens (tertiary/aromatic N) is 3. The minimum Gasteiger partial charge on any atom is -0.208 e. The van der Waals surface area contributed by atoms with Gasteiger partial charge in [0.2, 0.25) is 5.28 Å². The van der Waals surface area contributed by atoms with Gasteiger partial charge >= 0.3 is 0 Å². The fourth-order valence-electron chi connectivity index (χ4n) is 6.04. The topological polar surface area (TPSA) is 38.7 Å². The summed E-state index contributed by atoms with van der Waals surface area (Å²) in [5, 5.41) is 4.72. The second kappa shape index (κ2) is 11.5. The summed E-state index contributed by atoms with van der Waals surface area (Å²) < 4.78 is 0. The second-order valence-corrected chi connectivity index (χ2v) is 11.4. The van der Waals surface area contributed by atoms with Gasteiger partial charge in [-0.3, -0.25) is 0 Å². The van der Waals surface area contributed by atoms with Crippen LogP contribution in [0.2, 0.25) is 5.28 Å². The molecule has 0 radical (unpaired) electrons. The molecule has 4 heteroatoms. The van der Waals surface area contributed by atoms with Gasteiger partial charge in [-0.2, -0.15) is 9.97 Å². The number of fused-ring (bicyclic) bond motifs is 3. The molecule has 0 aliphatic rings. The Morgan fingerprint density at radius 3 is 1.42 bits per heavy atom. The van der Waals surface area contributed by atoms with Crippen molar-refractivity contribution in [2.24, 2.45) is 0 Å². The third-order valence-corrected chi connectivity index (χ3v) is 8.41. The number of aromatic nitrogens is 3. The van der Waals surface area contributed by atoms with Crippen LogP contribution in [0.1, 0.15) is 0 Å². The third kappa shape index (κ3) is 5.24. The summed E-state index contributed by atoms with van der Waals surface area (Å²) in [6.45, 7) is 0. The quantitative estimate of drug-likeness (QED) is 0.186. The van der Waals surface area contributed by atoms with Gasteiger partial charge in [0.15, 0.2) is 11.6 Å². The summed E-state index contributed by atoms with van der Waals surface area (Å²) in [7, 11) is 0. The molecule has 3 nitrogen and oxygen atoms in total. The van der Waals surface area contributed by atoms with Crippen LogP contribution in [0.25, 0.3) is 77.7 Å². The molecular formula is C41H26ClN3. The number of hydrogen-bond acceptors (Lipinski definition) is 3. The van der Waals surface area contributed by atoms with Crippen molar-refractivity contribution >= 4 is 33.1 Å². The molecule has 0 bridgehead atoms. The van der Waals surface area contributed by atoms with Crippen molar-refractivity contribution in [2.45, 2.75) is 0 Å². The largest absolute Gasteiger partial charge is 0.226 e. The molecule has 45 heavy (non-hydrogen) atoms. The lowest BCUT2D eigenvalue weighted by atomic mass is 9.93. The monoisotopic (exact) mass is 595 g/mol. The highest BCUT2D eigenvalue weighted by atomic mass is 35.5. The highest BCUT2D eigenvalue weighted by Gasteiger charge is 2.15. The minimum absolute atomic E-state index is 0.166. The lowest BCUT2D eigenvalue weighted by Gasteiger charge is -2.12. The molecule has 0 saturated heterocycles. The molecule has 7 aromatic carbocycles. The maximum absolute atomic E-state index is 6.54. The van der Waals surface area contributed by atoms with E-state index in [1.807, 2.05) is 24.3 Å². The predicted octanol–water partition coefficient (Wildman–Crippen LogP) is 11.2. The molecule has 0 saturated carbocycles. The molecular weight excluding hydrogens is 570 g/mol. The van der Waals surface area contributed by atoms with Crippen LogP contribution in [-0.4, -0.2) is 15.0 Å². The molecule has 1 heterocycles. The van der Waals surface area contributed by atoms with Crippen molar-refractivity contribution in [2.75, 3.05) is 0 Å². The Kier molecular flexibility index (Phi) is 6.86. The van der Waals surface area contributed by atoms with E-state index in [1.165, 1.54) is 27.6 Å². The van der Waals surface area contributed by atoms with Crippen molar-refractivity contribution in [1.29, 1.82) is 0 Å². The van der Waals surface area contributed by atoms with Crippen molar-refractivity contribution in [3.8, 4) is 56.2 Å². The zero-order valence-corrected chi connectivity index (χ0v) is 25.0. The number of benzene rings is 7. The van der Waals surface area contributed by atoms with E-state index in [0.717, 1.165) is 38.4 Å². The summed E-state index contributed by atoms with van der Waals surface area (Å²) in [4.78, 5) is 14.0. The van der Waals surface area contributed by atoms with E-state index < -0.39 is 0 Å². The van der Waals surface area contributed by atoms with E-state index in [1.54, 1.807) is 0 Å². The maximum atomic E-state index is 6.54. The Hall–Kier alpha value is -5.64. The van der Waals surface area contributed by atoms with Gasteiger partial charge in [-0.15, -0.1) is 0 Å². The zero-order valence-electron chi connectivity index (χ0n) is 24.2. The standard InChI is InChI=1S/C41H26ClN3/c42-41-44-39(43-40(45-41)38-26-31-15-7-8-16-35(31)36-17-9-10-18-37(36)38)30-21-19-29(20-22-30)34-24-32(27-11-3-1-4-12-27)23-33(25-34)28-13-5-2-6-14-28/h1-26H. The van der Waals surface area contributed by atoms with Crippen LogP contribution in [0, 0.1) is 0 Å². The van der Waals surface area contributed by atoms with Crippen LogP contribution in [-0.2, 0) is 0 Å².